The van der Waals surface area contributed by atoms with E-state index in [9.17, 15) is 55.2 Å². The van der Waals surface area contributed by atoms with E-state index in [0.29, 0.717) is 5.56 Å². The quantitative estimate of drug-likeness (QED) is 0.0920. The number of carbonyl (C=O) groups excluding carboxylic acids is 2. The van der Waals surface area contributed by atoms with Gasteiger partial charge >= 0.3 is 5.97 Å². The van der Waals surface area contributed by atoms with Crippen LogP contribution >= 0.6 is 0 Å². The molecule has 0 bridgehead atoms. The summed E-state index contributed by atoms with van der Waals surface area (Å²) in [7, 11) is 0. The zero-order valence-corrected chi connectivity index (χ0v) is 26.9. The van der Waals surface area contributed by atoms with Gasteiger partial charge in [-0.05, 0) is 49.2 Å². The Kier molecular flexibility index (Phi) is 11.4. The van der Waals surface area contributed by atoms with Crippen LogP contribution in [0.5, 0.6) is 11.5 Å². The standard InChI is InChI=1S/C34H38O16/c1-14-9-20(48-34-30(45)28(43)26(41)22(13-36)49-34)25(31-24(14)19(39)11-18(46-31)10-15(2)37)32-33(29(44)27(42)21(12-35)47-32)50-23(40)8-5-16-3-6-17(38)7-4-16/h3-9,11,21-22,26-30,32-36,38,41-45H,10,12-13H2,1-2H3/t21-,22-,26-,27-,28+,29+,30-,32+,33-,34-/m1/s1. The highest BCUT2D eigenvalue weighted by Gasteiger charge is 2.50. The molecule has 0 aliphatic carbocycles. The molecular weight excluding hydrogens is 664 g/mol. The van der Waals surface area contributed by atoms with Gasteiger partial charge in [0.25, 0.3) is 0 Å². The zero-order chi connectivity index (χ0) is 36.4. The number of Topliss-reactive ketones (excluding diaryl/α,β-unsaturated/α-hetero) is 1. The molecule has 10 atom stereocenters. The van der Waals surface area contributed by atoms with Gasteiger partial charge in [-0.25, -0.2) is 4.79 Å². The SMILES string of the molecule is CC(=O)Cc1cc(=O)c2c(C)cc(O[C@@H]3O[C@H](CO)[C@@H](O)[C@H](O)[C@H]3O)c([C@@H]3O[C@H](CO)[C@@H](O)[C@H](O)[C@H]3OC(=O)C=Cc3ccc(O)cc3)c2o1. The molecule has 0 saturated carbocycles. The molecule has 3 aromatic rings. The van der Waals surface area contributed by atoms with E-state index in [0.717, 1.165) is 12.1 Å². The van der Waals surface area contributed by atoms with Gasteiger partial charge in [0.05, 0.1) is 30.6 Å². The molecule has 0 spiro atoms. The molecule has 2 aliphatic heterocycles. The number of aryl methyl sites for hydroxylation is 1. The molecule has 2 saturated heterocycles. The number of hydrogen-bond donors (Lipinski definition) is 8. The molecule has 2 aromatic carbocycles. The highest BCUT2D eigenvalue weighted by molar-refractivity contribution is 5.88. The Bertz CT molecular complexity index is 1780. The monoisotopic (exact) mass is 702 g/mol. The third-order valence-corrected chi connectivity index (χ3v) is 8.47. The van der Waals surface area contributed by atoms with E-state index >= 15 is 0 Å². The third-order valence-electron chi connectivity index (χ3n) is 8.47. The normalized spacial score (nSPS) is 30.0. The van der Waals surface area contributed by atoms with Crippen LogP contribution in [-0.4, -0.2) is 121 Å². The second-order valence-corrected chi connectivity index (χ2v) is 12.2. The van der Waals surface area contributed by atoms with E-state index in [-0.39, 0.29) is 51.6 Å². The summed E-state index contributed by atoms with van der Waals surface area (Å²) in [6.07, 6.45) is -15.2. The third kappa shape index (κ3) is 7.58. The number of benzene rings is 2. The number of aromatic hydroxyl groups is 1. The van der Waals surface area contributed by atoms with Crippen molar-refractivity contribution < 1.29 is 73.8 Å². The van der Waals surface area contributed by atoms with E-state index in [1.807, 2.05) is 0 Å². The predicted octanol–water partition coefficient (Wildman–Crippen LogP) is -1.10. The largest absolute Gasteiger partial charge is 0.508 e. The lowest BCUT2D eigenvalue weighted by molar-refractivity contribution is -0.278. The second-order valence-electron chi connectivity index (χ2n) is 12.2. The minimum absolute atomic E-state index is 0.00681. The molecule has 2 aliphatic rings. The summed E-state index contributed by atoms with van der Waals surface area (Å²) in [4.78, 5) is 38.6. The van der Waals surface area contributed by atoms with Crippen molar-refractivity contribution in [1.82, 2.24) is 0 Å². The van der Waals surface area contributed by atoms with Crippen LogP contribution in [0, 0.1) is 6.92 Å². The fraction of sp³-hybridized carbons (Fsp3) is 0.441. The molecule has 2 fully saturated rings. The van der Waals surface area contributed by atoms with Gasteiger partial charge in [0.15, 0.2) is 11.5 Å². The van der Waals surface area contributed by atoms with E-state index in [1.54, 1.807) is 0 Å². The van der Waals surface area contributed by atoms with Crippen molar-refractivity contribution >= 4 is 28.8 Å². The molecule has 270 valence electrons. The minimum Gasteiger partial charge on any atom is -0.508 e. The molecule has 16 heteroatoms. The summed E-state index contributed by atoms with van der Waals surface area (Å²) < 4.78 is 29.2. The summed E-state index contributed by atoms with van der Waals surface area (Å²) in [6.45, 7) is 1.17. The summed E-state index contributed by atoms with van der Waals surface area (Å²) in [5.41, 5.74) is -0.362. The number of phenolic OH excluding ortho intramolecular Hbond substituents is 1. The number of ketones is 1. The Morgan fingerprint density at radius 3 is 2.16 bits per heavy atom. The van der Waals surface area contributed by atoms with Crippen LogP contribution < -0.4 is 10.2 Å². The number of aliphatic hydroxyl groups excluding tert-OH is 7. The van der Waals surface area contributed by atoms with Crippen LogP contribution in [-0.2, 0) is 30.2 Å². The fourth-order valence-electron chi connectivity index (χ4n) is 5.93. The average Bonchev–Trinajstić information content (AvgIpc) is 3.07. The smallest absolute Gasteiger partial charge is 0.331 e. The molecule has 16 nitrogen and oxygen atoms in total. The molecule has 8 N–H and O–H groups in total. The van der Waals surface area contributed by atoms with Crippen molar-refractivity contribution in [3.8, 4) is 11.5 Å². The van der Waals surface area contributed by atoms with Crippen LogP contribution in [0.4, 0.5) is 0 Å². The van der Waals surface area contributed by atoms with Crippen LogP contribution in [0.3, 0.4) is 0 Å². The topological polar surface area (TPSA) is 263 Å². The first-order valence-corrected chi connectivity index (χ1v) is 15.6. The van der Waals surface area contributed by atoms with Crippen LogP contribution in [0.1, 0.15) is 35.5 Å². The van der Waals surface area contributed by atoms with Crippen molar-refractivity contribution in [2.24, 2.45) is 0 Å². The molecule has 0 radical (unpaired) electrons. The number of hydrogen-bond acceptors (Lipinski definition) is 16. The Morgan fingerprint density at radius 1 is 0.880 bits per heavy atom. The van der Waals surface area contributed by atoms with Gasteiger partial charge in [0, 0.05) is 12.1 Å². The van der Waals surface area contributed by atoms with E-state index in [2.05, 4.69) is 0 Å². The number of phenols is 1. The average molecular weight is 703 g/mol. The molecule has 3 heterocycles. The number of ether oxygens (including phenoxy) is 4. The van der Waals surface area contributed by atoms with Crippen molar-refractivity contribution in [3.05, 3.63) is 75.1 Å². The van der Waals surface area contributed by atoms with Gasteiger partial charge in [-0.3, -0.25) is 9.59 Å². The maximum atomic E-state index is 13.4. The van der Waals surface area contributed by atoms with E-state index in [1.165, 1.54) is 50.3 Å². The highest BCUT2D eigenvalue weighted by atomic mass is 16.7. The highest BCUT2D eigenvalue weighted by Crippen LogP contribution is 2.44. The van der Waals surface area contributed by atoms with Gasteiger partial charge in [-0.2, -0.15) is 0 Å². The Hall–Kier alpha value is -4.23. The summed E-state index contributed by atoms with van der Waals surface area (Å²) in [5, 5.41) is 82.8. The minimum atomic E-state index is -1.92. The maximum Gasteiger partial charge on any atom is 0.331 e. The van der Waals surface area contributed by atoms with Gasteiger partial charge in [-0.15, -0.1) is 0 Å². The van der Waals surface area contributed by atoms with Gasteiger partial charge in [-0.1, -0.05) is 12.1 Å². The first-order valence-electron chi connectivity index (χ1n) is 15.6. The number of carbonyl (C=O) groups is 2. The van der Waals surface area contributed by atoms with Crippen molar-refractivity contribution in [2.75, 3.05) is 13.2 Å². The lowest BCUT2D eigenvalue weighted by Gasteiger charge is -2.43. The molecule has 1 aromatic heterocycles. The van der Waals surface area contributed by atoms with Gasteiger partial charge < -0.3 is 64.2 Å². The molecule has 0 unspecified atom stereocenters. The summed E-state index contributed by atoms with van der Waals surface area (Å²) >= 11 is 0. The molecule has 50 heavy (non-hydrogen) atoms. The number of esters is 1. The summed E-state index contributed by atoms with van der Waals surface area (Å²) in [5.74, 6) is -1.77. The van der Waals surface area contributed by atoms with Crippen molar-refractivity contribution in [1.29, 1.82) is 0 Å². The van der Waals surface area contributed by atoms with Crippen molar-refractivity contribution in [3.63, 3.8) is 0 Å². The van der Waals surface area contributed by atoms with E-state index in [4.69, 9.17) is 23.4 Å². The zero-order valence-electron chi connectivity index (χ0n) is 26.9. The molecule has 0 amide bonds. The van der Waals surface area contributed by atoms with E-state index < -0.39 is 85.8 Å². The van der Waals surface area contributed by atoms with Crippen molar-refractivity contribution in [2.45, 2.75) is 81.5 Å². The molecular formula is C34H38O16. The fourth-order valence-corrected chi connectivity index (χ4v) is 5.93. The first kappa shape index (κ1) is 37.0. The first-order chi connectivity index (χ1) is 23.7. The Balaban J connectivity index is 1.67. The van der Waals surface area contributed by atoms with Crippen LogP contribution in [0.25, 0.3) is 17.0 Å². The lowest BCUT2D eigenvalue weighted by atomic mass is 9.88. The van der Waals surface area contributed by atoms with Crippen LogP contribution in [0.15, 0.2) is 51.7 Å². The Morgan fingerprint density at radius 2 is 1.52 bits per heavy atom. The number of aliphatic hydroxyl groups is 7. The van der Waals surface area contributed by atoms with Crippen LogP contribution in [0.2, 0.25) is 0 Å². The number of fused-ring (bicyclic) bond motifs is 1. The molecule has 5 rings (SSSR count). The Labute approximate surface area is 284 Å². The van der Waals surface area contributed by atoms with Gasteiger partial charge in [0.1, 0.15) is 77.5 Å². The number of rotatable bonds is 10. The van der Waals surface area contributed by atoms with Gasteiger partial charge in [0.2, 0.25) is 6.29 Å². The predicted molar refractivity (Wildman–Crippen MR) is 170 cm³/mol. The lowest BCUT2D eigenvalue weighted by Crippen LogP contribution is -2.60. The second kappa shape index (κ2) is 15.3. The maximum absolute atomic E-state index is 13.4. The summed E-state index contributed by atoms with van der Waals surface area (Å²) in [6, 6.07) is 8.22.